The van der Waals surface area contributed by atoms with E-state index < -0.39 is 23.4 Å². The molecule has 3 aromatic rings. The second-order valence-electron chi connectivity index (χ2n) is 6.31. The van der Waals surface area contributed by atoms with Crippen molar-refractivity contribution in [3.05, 3.63) is 75.7 Å². The SMILES string of the molecule is COc1c(CCNc2cccc(Cl)c2F)c(C(=O)O)nn1Cc1cc(F)ccc1F. The van der Waals surface area contributed by atoms with E-state index >= 15 is 0 Å². The molecule has 0 aliphatic rings. The molecule has 1 heterocycles. The molecule has 0 unspecified atom stereocenters. The normalized spacial score (nSPS) is 10.8. The van der Waals surface area contributed by atoms with Gasteiger partial charge in [-0.05, 0) is 36.8 Å². The van der Waals surface area contributed by atoms with Crippen LogP contribution < -0.4 is 10.1 Å². The van der Waals surface area contributed by atoms with Crippen LogP contribution >= 0.6 is 11.6 Å². The molecule has 1 aromatic heterocycles. The molecule has 0 fully saturated rings. The number of methoxy groups -OCH3 is 1. The second kappa shape index (κ2) is 9.08. The van der Waals surface area contributed by atoms with E-state index in [-0.39, 0.29) is 52.9 Å². The molecule has 0 amide bonds. The minimum atomic E-state index is -1.31. The summed E-state index contributed by atoms with van der Waals surface area (Å²) in [5.74, 6) is -3.14. The number of aromatic carboxylic acids is 1. The highest BCUT2D eigenvalue weighted by Crippen LogP contribution is 2.26. The van der Waals surface area contributed by atoms with E-state index in [0.717, 1.165) is 22.9 Å². The Morgan fingerprint density at radius 2 is 2.03 bits per heavy atom. The van der Waals surface area contributed by atoms with E-state index in [1.54, 1.807) is 6.07 Å². The Labute approximate surface area is 174 Å². The number of carbonyl (C=O) groups is 1. The molecule has 6 nitrogen and oxygen atoms in total. The first-order valence-electron chi connectivity index (χ1n) is 8.80. The Kier molecular flexibility index (Phi) is 6.51. The number of hydrogen-bond acceptors (Lipinski definition) is 4. The van der Waals surface area contributed by atoms with Crippen LogP contribution in [-0.2, 0) is 13.0 Å². The molecule has 30 heavy (non-hydrogen) atoms. The fraction of sp³-hybridized carbons (Fsp3) is 0.200. The first-order valence-corrected chi connectivity index (χ1v) is 9.18. The predicted octanol–water partition coefficient (Wildman–Crippen LogP) is 4.36. The van der Waals surface area contributed by atoms with Gasteiger partial charge in [0.15, 0.2) is 11.5 Å². The van der Waals surface area contributed by atoms with Crippen LogP contribution in [0, 0.1) is 17.5 Å². The third kappa shape index (κ3) is 4.51. The van der Waals surface area contributed by atoms with E-state index in [0.29, 0.717) is 0 Å². The standard InChI is InChI=1S/C20H17ClF3N3O3/c1-30-19-13(7-8-25-16-4-2-3-14(21)17(16)24)18(20(28)29)26-27(19)10-11-9-12(22)5-6-15(11)23/h2-6,9,25H,7-8,10H2,1H3,(H,28,29). The maximum atomic E-state index is 14.0. The Morgan fingerprint density at radius 3 is 2.73 bits per heavy atom. The largest absolute Gasteiger partial charge is 0.481 e. The van der Waals surface area contributed by atoms with Gasteiger partial charge < -0.3 is 15.2 Å². The number of benzene rings is 2. The average Bonchev–Trinajstić information content (AvgIpc) is 3.05. The van der Waals surface area contributed by atoms with Crippen LogP contribution in [0.25, 0.3) is 0 Å². The third-order valence-corrected chi connectivity index (χ3v) is 4.66. The fourth-order valence-corrected chi connectivity index (χ4v) is 3.18. The number of aromatic nitrogens is 2. The number of hydrogen-bond donors (Lipinski definition) is 2. The van der Waals surface area contributed by atoms with Crippen LogP contribution in [-0.4, -0.2) is 34.5 Å². The topological polar surface area (TPSA) is 76.4 Å². The number of nitrogens with one attached hydrogen (secondary N) is 1. The summed E-state index contributed by atoms with van der Waals surface area (Å²) >= 11 is 5.75. The number of carboxylic acid groups (broad SMARTS) is 1. The molecule has 3 rings (SSSR count). The molecule has 2 N–H and O–H groups in total. The van der Waals surface area contributed by atoms with Gasteiger partial charge in [0.25, 0.3) is 0 Å². The lowest BCUT2D eigenvalue weighted by molar-refractivity contribution is 0.0688. The molecule has 158 valence electrons. The van der Waals surface area contributed by atoms with Crippen molar-refractivity contribution < 1.29 is 27.8 Å². The van der Waals surface area contributed by atoms with Gasteiger partial charge in [-0.1, -0.05) is 17.7 Å². The fourth-order valence-electron chi connectivity index (χ4n) is 3.00. The molecule has 0 saturated heterocycles. The zero-order valence-electron chi connectivity index (χ0n) is 15.8. The molecule has 0 bridgehead atoms. The quantitative estimate of drug-likeness (QED) is 0.545. The second-order valence-corrected chi connectivity index (χ2v) is 6.72. The van der Waals surface area contributed by atoms with Gasteiger partial charge in [0.1, 0.15) is 11.6 Å². The molecule has 0 spiro atoms. The predicted molar refractivity (Wildman–Crippen MR) is 105 cm³/mol. The highest BCUT2D eigenvalue weighted by molar-refractivity contribution is 6.31. The Hall–Kier alpha value is -3.20. The van der Waals surface area contributed by atoms with E-state index in [1.807, 2.05) is 0 Å². The van der Waals surface area contributed by atoms with Crippen molar-refractivity contribution in [2.75, 3.05) is 19.0 Å². The van der Waals surface area contributed by atoms with Gasteiger partial charge in [-0.3, -0.25) is 0 Å². The summed E-state index contributed by atoms with van der Waals surface area (Å²) in [4.78, 5) is 11.6. The first-order chi connectivity index (χ1) is 14.3. The summed E-state index contributed by atoms with van der Waals surface area (Å²) in [5.41, 5.74) is 0.0831. The van der Waals surface area contributed by atoms with E-state index in [4.69, 9.17) is 16.3 Å². The number of halogens is 4. The zero-order chi connectivity index (χ0) is 21.8. The summed E-state index contributed by atoms with van der Waals surface area (Å²) in [6, 6.07) is 7.43. The van der Waals surface area contributed by atoms with Crippen molar-refractivity contribution in [1.29, 1.82) is 0 Å². The highest BCUT2D eigenvalue weighted by Gasteiger charge is 2.24. The van der Waals surface area contributed by atoms with E-state index in [1.165, 1.54) is 19.2 Å². The van der Waals surface area contributed by atoms with E-state index in [9.17, 15) is 23.1 Å². The summed E-state index contributed by atoms with van der Waals surface area (Å²) in [6.45, 7) is -0.0860. The lowest BCUT2D eigenvalue weighted by atomic mass is 10.1. The van der Waals surface area contributed by atoms with Gasteiger partial charge in [0, 0.05) is 12.1 Å². The minimum absolute atomic E-state index is 0.0154. The molecule has 0 saturated carbocycles. The van der Waals surface area contributed by atoms with Crippen LogP contribution in [0.1, 0.15) is 21.6 Å². The molecule has 0 atom stereocenters. The summed E-state index contributed by atoms with van der Waals surface area (Å²) in [5, 5.41) is 16.3. The third-order valence-electron chi connectivity index (χ3n) is 4.36. The van der Waals surface area contributed by atoms with Crippen molar-refractivity contribution in [1.82, 2.24) is 9.78 Å². The van der Waals surface area contributed by atoms with Crippen molar-refractivity contribution in [2.45, 2.75) is 13.0 Å². The van der Waals surface area contributed by atoms with Crippen LogP contribution in [0.5, 0.6) is 5.88 Å². The van der Waals surface area contributed by atoms with Crippen molar-refractivity contribution in [3.8, 4) is 5.88 Å². The number of rotatable bonds is 8. The zero-order valence-corrected chi connectivity index (χ0v) is 16.5. The Balaban J connectivity index is 1.87. The maximum Gasteiger partial charge on any atom is 0.356 e. The van der Waals surface area contributed by atoms with Gasteiger partial charge in [-0.15, -0.1) is 0 Å². The Morgan fingerprint density at radius 1 is 1.27 bits per heavy atom. The number of ether oxygens (including phenoxy) is 1. The summed E-state index contributed by atoms with van der Waals surface area (Å²) < 4.78 is 47.9. The lowest BCUT2D eigenvalue weighted by Crippen LogP contribution is -2.10. The molecular formula is C20H17ClF3N3O3. The molecule has 10 heteroatoms. The van der Waals surface area contributed by atoms with Crippen molar-refractivity contribution in [3.63, 3.8) is 0 Å². The molecule has 0 radical (unpaired) electrons. The smallest absolute Gasteiger partial charge is 0.356 e. The van der Waals surface area contributed by atoms with Gasteiger partial charge in [0.2, 0.25) is 5.88 Å². The van der Waals surface area contributed by atoms with Crippen molar-refractivity contribution >= 4 is 23.3 Å². The first kappa shape index (κ1) is 21.5. The molecule has 0 aliphatic carbocycles. The number of anilines is 1. The van der Waals surface area contributed by atoms with Gasteiger partial charge in [-0.2, -0.15) is 5.10 Å². The summed E-state index contributed by atoms with van der Waals surface area (Å²) in [6.07, 6.45) is 0.113. The average molecular weight is 440 g/mol. The maximum absolute atomic E-state index is 14.0. The molecule has 0 aliphatic heterocycles. The molecular weight excluding hydrogens is 423 g/mol. The lowest BCUT2D eigenvalue weighted by Gasteiger charge is -2.11. The van der Waals surface area contributed by atoms with Gasteiger partial charge >= 0.3 is 5.97 Å². The number of nitrogens with zero attached hydrogens (tertiary/aromatic N) is 2. The van der Waals surface area contributed by atoms with Crippen LogP contribution in [0.2, 0.25) is 5.02 Å². The van der Waals surface area contributed by atoms with Gasteiger partial charge in [0.05, 0.1) is 29.9 Å². The van der Waals surface area contributed by atoms with Gasteiger partial charge in [-0.25, -0.2) is 22.6 Å². The highest BCUT2D eigenvalue weighted by atomic mass is 35.5. The van der Waals surface area contributed by atoms with Crippen LogP contribution in [0.3, 0.4) is 0 Å². The van der Waals surface area contributed by atoms with Crippen LogP contribution in [0.4, 0.5) is 18.9 Å². The molecule has 2 aromatic carbocycles. The minimum Gasteiger partial charge on any atom is -0.481 e. The Bertz CT molecular complexity index is 1090. The van der Waals surface area contributed by atoms with Crippen molar-refractivity contribution in [2.24, 2.45) is 0 Å². The monoisotopic (exact) mass is 439 g/mol. The van der Waals surface area contributed by atoms with E-state index in [2.05, 4.69) is 10.4 Å². The summed E-state index contributed by atoms with van der Waals surface area (Å²) in [7, 11) is 1.31. The van der Waals surface area contributed by atoms with Crippen LogP contribution in [0.15, 0.2) is 36.4 Å². The number of carboxylic acids is 1.